The Bertz CT molecular complexity index is 507. The van der Waals surface area contributed by atoms with E-state index in [0.29, 0.717) is 17.1 Å². The predicted octanol–water partition coefficient (Wildman–Crippen LogP) is 3.57. The van der Waals surface area contributed by atoms with Gasteiger partial charge in [-0.25, -0.2) is 0 Å². The summed E-state index contributed by atoms with van der Waals surface area (Å²) >= 11 is 3.04. The van der Waals surface area contributed by atoms with E-state index >= 15 is 0 Å². The molecule has 1 aliphatic carbocycles. The Morgan fingerprint density at radius 2 is 2.24 bits per heavy atom. The molecule has 1 aromatic heterocycles. The number of amides is 1. The van der Waals surface area contributed by atoms with Gasteiger partial charge in [0.2, 0.25) is 0 Å². The summed E-state index contributed by atoms with van der Waals surface area (Å²) in [5, 5.41) is 7.31. The highest BCUT2D eigenvalue weighted by Crippen LogP contribution is 2.42. The van der Waals surface area contributed by atoms with Crippen LogP contribution in [-0.4, -0.2) is 25.3 Å². The number of rotatable bonds is 7. The van der Waals surface area contributed by atoms with Crippen LogP contribution in [0.1, 0.15) is 35.4 Å². The number of nitrogens with one attached hydrogen (secondary N) is 2. The van der Waals surface area contributed by atoms with Gasteiger partial charge in [-0.15, -0.1) is 29.7 Å². The second-order valence-electron chi connectivity index (χ2n) is 5.24. The van der Waals surface area contributed by atoms with Gasteiger partial charge in [-0.1, -0.05) is 18.9 Å². The first-order valence-electron chi connectivity index (χ1n) is 7.26. The molecule has 4 N–H and O–H groups in total. The van der Waals surface area contributed by atoms with E-state index in [2.05, 4.69) is 17.2 Å². The van der Waals surface area contributed by atoms with Crippen molar-refractivity contribution >= 4 is 39.7 Å². The third-order valence-electron chi connectivity index (χ3n) is 3.74. The number of hydrogen-bond acceptors (Lipinski definition) is 5. The number of hydrogen-bond donors (Lipinski definition) is 3. The molecule has 0 radical (unpaired) electrons. The Kier molecular flexibility index (Phi) is 5.99. The van der Waals surface area contributed by atoms with Gasteiger partial charge in [0.1, 0.15) is 9.88 Å². The fourth-order valence-electron chi connectivity index (χ4n) is 2.61. The average Bonchev–Trinajstić information content (AvgIpc) is 3.10. The van der Waals surface area contributed by atoms with Gasteiger partial charge in [0.25, 0.3) is 5.91 Å². The smallest absolute Gasteiger partial charge is 0.263 e. The minimum absolute atomic E-state index is 0.124. The van der Waals surface area contributed by atoms with Crippen molar-refractivity contribution < 1.29 is 4.79 Å². The first-order chi connectivity index (χ1) is 10.2. The molecular weight excluding hydrogens is 302 g/mol. The lowest BCUT2D eigenvalue weighted by molar-refractivity contribution is 0.0963. The van der Waals surface area contributed by atoms with Gasteiger partial charge in [-0.3, -0.25) is 4.79 Å². The normalized spacial score (nSPS) is 15.1. The SMILES string of the molecule is C=CCNC(=O)c1sc(NCC2CCCC2)c(SC)c1N. The largest absolute Gasteiger partial charge is 0.396 e. The van der Waals surface area contributed by atoms with Crippen LogP contribution >= 0.6 is 23.1 Å². The minimum atomic E-state index is -0.124. The van der Waals surface area contributed by atoms with E-state index in [9.17, 15) is 4.79 Å². The van der Waals surface area contributed by atoms with Crippen molar-refractivity contribution in [3.05, 3.63) is 17.5 Å². The molecule has 1 saturated carbocycles. The highest BCUT2D eigenvalue weighted by molar-refractivity contribution is 7.99. The van der Waals surface area contributed by atoms with Crippen LogP contribution < -0.4 is 16.4 Å². The lowest BCUT2D eigenvalue weighted by atomic mass is 10.1. The molecule has 0 aromatic carbocycles. The van der Waals surface area contributed by atoms with Gasteiger partial charge in [0, 0.05) is 13.1 Å². The molecule has 0 spiro atoms. The van der Waals surface area contributed by atoms with Gasteiger partial charge in [0.05, 0.1) is 10.6 Å². The summed E-state index contributed by atoms with van der Waals surface area (Å²) in [4.78, 5) is 13.7. The highest BCUT2D eigenvalue weighted by Gasteiger charge is 2.21. The predicted molar refractivity (Wildman–Crippen MR) is 93.5 cm³/mol. The molecule has 0 aliphatic heterocycles. The summed E-state index contributed by atoms with van der Waals surface area (Å²) in [6, 6.07) is 0. The van der Waals surface area contributed by atoms with Crippen LogP contribution in [0, 0.1) is 5.92 Å². The molecule has 1 heterocycles. The van der Waals surface area contributed by atoms with Crippen molar-refractivity contribution in [1.82, 2.24) is 5.32 Å². The van der Waals surface area contributed by atoms with E-state index in [1.54, 1.807) is 17.8 Å². The van der Waals surface area contributed by atoms with Crippen LogP contribution in [0.3, 0.4) is 0 Å². The molecule has 4 nitrogen and oxygen atoms in total. The van der Waals surface area contributed by atoms with Crippen molar-refractivity contribution in [3.8, 4) is 0 Å². The third kappa shape index (κ3) is 3.95. The summed E-state index contributed by atoms with van der Waals surface area (Å²) in [7, 11) is 0. The first kappa shape index (κ1) is 16.2. The Hall–Kier alpha value is -1.14. The minimum Gasteiger partial charge on any atom is -0.396 e. The average molecular weight is 326 g/mol. The lowest BCUT2D eigenvalue weighted by Crippen LogP contribution is -2.23. The topological polar surface area (TPSA) is 67.2 Å². The second-order valence-corrected chi connectivity index (χ2v) is 7.07. The van der Waals surface area contributed by atoms with Crippen molar-refractivity contribution in [3.63, 3.8) is 0 Å². The van der Waals surface area contributed by atoms with Crippen LogP contribution in [0.15, 0.2) is 17.6 Å². The van der Waals surface area contributed by atoms with Gasteiger partial charge in [0.15, 0.2) is 0 Å². The molecule has 116 valence electrons. The van der Waals surface area contributed by atoms with Crippen LogP contribution in [0.2, 0.25) is 0 Å². The number of carbonyl (C=O) groups is 1. The molecule has 1 fully saturated rings. The quantitative estimate of drug-likeness (QED) is 0.529. The summed E-state index contributed by atoms with van der Waals surface area (Å²) in [6.07, 6.45) is 8.93. The maximum atomic E-state index is 12.1. The van der Waals surface area contributed by atoms with Crippen molar-refractivity contribution in [2.24, 2.45) is 5.92 Å². The third-order valence-corrected chi connectivity index (χ3v) is 5.87. The zero-order chi connectivity index (χ0) is 15.2. The standard InChI is InChI=1S/C15H23N3OS2/c1-3-8-17-14(19)12-11(16)13(20-2)15(21-12)18-9-10-6-4-5-7-10/h3,10,18H,1,4-9,16H2,2H3,(H,17,19). The number of nitrogens with two attached hydrogens (primary N) is 1. The molecule has 0 bridgehead atoms. The molecule has 6 heteroatoms. The van der Waals surface area contributed by atoms with Gasteiger partial charge < -0.3 is 16.4 Å². The molecule has 0 atom stereocenters. The van der Waals surface area contributed by atoms with E-state index in [1.165, 1.54) is 37.0 Å². The summed E-state index contributed by atoms with van der Waals surface area (Å²) in [5.41, 5.74) is 6.72. The molecule has 0 saturated heterocycles. The molecule has 0 unspecified atom stereocenters. The molecule has 2 rings (SSSR count). The lowest BCUT2D eigenvalue weighted by Gasteiger charge is -2.11. The van der Waals surface area contributed by atoms with Gasteiger partial charge >= 0.3 is 0 Å². The maximum absolute atomic E-state index is 12.1. The van der Waals surface area contributed by atoms with Gasteiger partial charge in [-0.05, 0) is 25.0 Å². The second kappa shape index (κ2) is 7.75. The molecular formula is C15H23N3OS2. The summed E-state index contributed by atoms with van der Waals surface area (Å²) < 4.78 is 0. The summed E-state index contributed by atoms with van der Waals surface area (Å²) in [6.45, 7) is 5.03. The van der Waals surface area contributed by atoms with Crippen molar-refractivity contribution in [2.45, 2.75) is 30.6 Å². The fourth-order valence-corrected chi connectivity index (χ4v) is 4.57. The number of thiophene rings is 1. The van der Waals surface area contributed by atoms with E-state index in [0.717, 1.165) is 22.4 Å². The Morgan fingerprint density at radius 1 is 1.52 bits per heavy atom. The molecule has 1 aliphatic rings. The Morgan fingerprint density at radius 3 is 2.86 bits per heavy atom. The van der Waals surface area contributed by atoms with Gasteiger partial charge in [-0.2, -0.15) is 0 Å². The Balaban J connectivity index is 2.08. The zero-order valence-electron chi connectivity index (χ0n) is 12.4. The summed E-state index contributed by atoms with van der Waals surface area (Å²) in [5.74, 6) is 0.627. The Labute approximate surface area is 134 Å². The van der Waals surface area contributed by atoms with Crippen LogP contribution in [-0.2, 0) is 0 Å². The number of thioether (sulfide) groups is 1. The fraction of sp³-hybridized carbons (Fsp3) is 0.533. The molecule has 1 aromatic rings. The molecule has 1 amide bonds. The van der Waals surface area contributed by atoms with E-state index in [4.69, 9.17) is 5.73 Å². The van der Waals surface area contributed by atoms with E-state index in [1.807, 2.05) is 6.26 Å². The van der Waals surface area contributed by atoms with E-state index < -0.39 is 0 Å². The van der Waals surface area contributed by atoms with E-state index in [-0.39, 0.29) is 5.91 Å². The highest BCUT2D eigenvalue weighted by atomic mass is 32.2. The van der Waals surface area contributed by atoms with Crippen LogP contribution in [0.25, 0.3) is 0 Å². The van der Waals surface area contributed by atoms with Crippen LogP contribution in [0.4, 0.5) is 10.7 Å². The number of nitrogen functional groups attached to an aromatic ring is 1. The van der Waals surface area contributed by atoms with Crippen LogP contribution in [0.5, 0.6) is 0 Å². The zero-order valence-corrected chi connectivity index (χ0v) is 14.0. The first-order valence-corrected chi connectivity index (χ1v) is 9.30. The van der Waals surface area contributed by atoms with Crippen molar-refractivity contribution in [2.75, 3.05) is 30.4 Å². The number of anilines is 2. The maximum Gasteiger partial charge on any atom is 0.263 e. The molecule has 21 heavy (non-hydrogen) atoms. The number of carbonyl (C=O) groups excluding carboxylic acids is 1. The van der Waals surface area contributed by atoms with Crippen molar-refractivity contribution in [1.29, 1.82) is 0 Å². The monoisotopic (exact) mass is 325 g/mol.